The van der Waals surface area contributed by atoms with Crippen LogP contribution in [0.5, 0.6) is 0 Å². The SMILES string of the molecule is Cc1ccc([C@]2(C#N)C(CC(C)(C)C)CN(C(=O)NCCC(O)CO)C2c2cccc(Cl)c2F)c(F)c1. The minimum Gasteiger partial charge on any atom is -0.394 e. The molecule has 1 fully saturated rings. The normalized spacial score (nSPS) is 22.5. The Balaban J connectivity index is 2.24. The highest BCUT2D eigenvalue weighted by Gasteiger charge is 2.60. The molecule has 37 heavy (non-hydrogen) atoms. The van der Waals surface area contributed by atoms with Gasteiger partial charge in [0.2, 0.25) is 0 Å². The van der Waals surface area contributed by atoms with E-state index in [2.05, 4.69) is 11.4 Å². The lowest BCUT2D eigenvalue weighted by atomic mass is 9.63. The van der Waals surface area contributed by atoms with Crippen LogP contribution in [0.1, 0.15) is 56.3 Å². The number of aliphatic hydroxyl groups excluding tert-OH is 2. The van der Waals surface area contributed by atoms with Crippen molar-refractivity contribution < 1.29 is 23.8 Å². The van der Waals surface area contributed by atoms with Gasteiger partial charge in [0.15, 0.2) is 0 Å². The molecule has 2 aromatic rings. The fraction of sp³-hybridized carbons (Fsp3) is 0.500. The van der Waals surface area contributed by atoms with E-state index >= 15 is 8.78 Å². The summed E-state index contributed by atoms with van der Waals surface area (Å²) in [7, 11) is 0. The molecule has 0 aromatic heterocycles. The Morgan fingerprint density at radius 1 is 1.32 bits per heavy atom. The second-order valence-corrected chi connectivity index (χ2v) is 11.4. The molecule has 1 saturated heterocycles. The summed E-state index contributed by atoms with van der Waals surface area (Å²) in [6.07, 6.45) is -0.443. The summed E-state index contributed by atoms with van der Waals surface area (Å²) in [5.74, 6) is -1.90. The van der Waals surface area contributed by atoms with Crippen molar-refractivity contribution in [3.05, 3.63) is 69.7 Å². The number of aliphatic hydroxyl groups is 2. The minimum atomic E-state index is -1.61. The number of nitrogens with one attached hydrogen (secondary N) is 1. The van der Waals surface area contributed by atoms with Crippen molar-refractivity contribution in [2.45, 2.75) is 58.1 Å². The van der Waals surface area contributed by atoms with E-state index in [-0.39, 0.29) is 41.1 Å². The number of halogens is 3. The van der Waals surface area contributed by atoms with Crippen LogP contribution in [-0.2, 0) is 5.41 Å². The van der Waals surface area contributed by atoms with Crippen LogP contribution in [0, 0.1) is 41.2 Å². The first-order valence-corrected chi connectivity index (χ1v) is 12.7. The first kappa shape index (κ1) is 28.8. The Bertz CT molecular complexity index is 1180. The smallest absolute Gasteiger partial charge is 0.317 e. The molecule has 2 amide bonds. The third kappa shape index (κ3) is 5.90. The van der Waals surface area contributed by atoms with Gasteiger partial charge in [-0.1, -0.05) is 56.6 Å². The Labute approximate surface area is 221 Å². The van der Waals surface area contributed by atoms with Crippen LogP contribution >= 0.6 is 11.6 Å². The lowest BCUT2D eigenvalue weighted by Gasteiger charge is -2.38. The quantitative estimate of drug-likeness (QED) is 0.453. The van der Waals surface area contributed by atoms with Crippen LogP contribution in [0.4, 0.5) is 13.6 Å². The fourth-order valence-electron chi connectivity index (χ4n) is 5.34. The molecular formula is C28H34ClF2N3O3. The molecule has 1 heterocycles. The van der Waals surface area contributed by atoms with E-state index in [1.807, 2.05) is 20.8 Å². The molecule has 4 atom stereocenters. The molecule has 1 aliphatic rings. The molecule has 0 saturated carbocycles. The molecule has 9 heteroatoms. The summed E-state index contributed by atoms with van der Waals surface area (Å²) in [6.45, 7) is 7.39. The summed E-state index contributed by atoms with van der Waals surface area (Å²) >= 11 is 6.13. The van der Waals surface area contributed by atoms with Crippen LogP contribution in [-0.4, -0.2) is 46.9 Å². The molecule has 0 spiro atoms. The van der Waals surface area contributed by atoms with Crippen molar-refractivity contribution >= 4 is 17.6 Å². The van der Waals surface area contributed by atoms with Crippen LogP contribution in [0.15, 0.2) is 36.4 Å². The number of nitrogens with zero attached hydrogens (tertiary/aromatic N) is 2. The van der Waals surface area contributed by atoms with Gasteiger partial charge in [-0.15, -0.1) is 0 Å². The Morgan fingerprint density at radius 2 is 2.03 bits per heavy atom. The number of aryl methyl sites for hydroxylation is 1. The number of urea groups is 1. The van der Waals surface area contributed by atoms with Gasteiger partial charge in [-0.2, -0.15) is 5.26 Å². The van der Waals surface area contributed by atoms with E-state index in [4.69, 9.17) is 16.7 Å². The van der Waals surface area contributed by atoms with Gasteiger partial charge >= 0.3 is 6.03 Å². The molecule has 3 N–H and O–H groups in total. The molecule has 3 unspecified atom stereocenters. The van der Waals surface area contributed by atoms with E-state index in [0.29, 0.717) is 12.0 Å². The Hall–Kier alpha value is -2.73. The fourth-order valence-corrected chi connectivity index (χ4v) is 5.52. The summed E-state index contributed by atoms with van der Waals surface area (Å²) in [4.78, 5) is 14.9. The summed E-state index contributed by atoms with van der Waals surface area (Å²) in [5.41, 5.74) is -1.11. The van der Waals surface area contributed by atoms with E-state index in [0.717, 1.165) is 0 Å². The number of hydrogen-bond donors (Lipinski definition) is 3. The van der Waals surface area contributed by atoms with Gasteiger partial charge in [0.25, 0.3) is 0 Å². The van der Waals surface area contributed by atoms with Crippen LogP contribution in [0.25, 0.3) is 0 Å². The Kier molecular flexibility index (Phi) is 8.84. The molecular weight excluding hydrogens is 500 g/mol. The van der Waals surface area contributed by atoms with Gasteiger partial charge < -0.3 is 20.4 Å². The second-order valence-electron chi connectivity index (χ2n) is 11.0. The zero-order chi connectivity index (χ0) is 27.5. The van der Waals surface area contributed by atoms with Gasteiger partial charge in [-0.05, 0) is 42.9 Å². The number of carbonyl (C=O) groups is 1. The van der Waals surface area contributed by atoms with E-state index in [1.165, 1.54) is 23.1 Å². The number of carbonyl (C=O) groups excluding carboxylic acids is 1. The molecule has 6 nitrogen and oxygen atoms in total. The van der Waals surface area contributed by atoms with Gasteiger partial charge in [-0.25, -0.2) is 13.6 Å². The monoisotopic (exact) mass is 533 g/mol. The average Bonchev–Trinajstić information content (AvgIpc) is 3.13. The highest BCUT2D eigenvalue weighted by atomic mass is 35.5. The zero-order valence-electron chi connectivity index (χ0n) is 21.6. The summed E-state index contributed by atoms with van der Waals surface area (Å²) in [5, 5.41) is 32.1. The van der Waals surface area contributed by atoms with Crippen molar-refractivity contribution in [3.63, 3.8) is 0 Å². The van der Waals surface area contributed by atoms with Crippen molar-refractivity contribution in [3.8, 4) is 6.07 Å². The van der Waals surface area contributed by atoms with Crippen LogP contribution in [0.3, 0.4) is 0 Å². The first-order chi connectivity index (χ1) is 17.4. The average molecular weight is 534 g/mol. The van der Waals surface area contributed by atoms with Crippen LogP contribution in [0.2, 0.25) is 5.02 Å². The number of benzene rings is 2. The lowest BCUT2D eigenvalue weighted by Crippen LogP contribution is -2.44. The molecule has 2 aromatic carbocycles. The molecule has 0 radical (unpaired) electrons. The summed E-state index contributed by atoms with van der Waals surface area (Å²) < 4.78 is 31.2. The largest absolute Gasteiger partial charge is 0.394 e. The predicted molar refractivity (Wildman–Crippen MR) is 138 cm³/mol. The van der Waals surface area contributed by atoms with E-state index in [1.54, 1.807) is 25.1 Å². The van der Waals surface area contributed by atoms with Crippen molar-refractivity contribution in [2.75, 3.05) is 19.7 Å². The highest BCUT2D eigenvalue weighted by Crippen LogP contribution is 2.56. The Morgan fingerprint density at radius 3 is 2.62 bits per heavy atom. The van der Waals surface area contributed by atoms with Crippen molar-refractivity contribution in [1.82, 2.24) is 10.2 Å². The van der Waals surface area contributed by atoms with Crippen LogP contribution < -0.4 is 5.32 Å². The maximum absolute atomic E-state index is 15.6. The van der Waals surface area contributed by atoms with Crippen molar-refractivity contribution in [1.29, 1.82) is 5.26 Å². The maximum atomic E-state index is 15.6. The van der Waals surface area contributed by atoms with Gasteiger partial charge in [0, 0.05) is 30.1 Å². The van der Waals surface area contributed by atoms with E-state index < -0.39 is 47.8 Å². The molecule has 1 aliphatic heterocycles. The molecule has 0 bridgehead atoms. The standard InChI is InChI=1S/C28H34ClF2N3O3/c1-17-8-9-21(23(30)12-17)28(16-32)18(13-27(2,3)4)14-34(26(37)33-11-10-19(36)15-35)25(28)20-6-5-7-22(29)24(20)31/h5-9,12,18-19,25,35-36H,10-11,13-15H2,1-4H3,(H,33,37)/t18?,19?,25?,28-/m0/s1. The van der Waals surface area contributed by atoms with Gasteiger partial charge in [0.05, 0.1) is 29.8 Å². The predicted octanol–water partition coefficient (Wildman–Crippen LogP) is 5.25. The zero-order valence-corrected chi connectivity index (χ0v) is 22.3. The second kappa shape index (κ2) is 11.3. The first-order valence-electron chi connectivity index (χ1n) is 12.3. The van der Waals surface area contributed by atoms with E-state index in [9.17, 15) is 15.2 Å². The molecule has 200 valence electrons. The minimum absolute atomic E-state index is 0.0241. The molecule has 3 rings (SSSR count). The topological polar surface area (TPSA) is 96.6 Å². The molecule has 0 aliphatic carbocycles. The van der Waals surface area contributed by atoms with Gasteiger partial charge in [0.1, 0.15) is 17.0 Å². The number of nitriles is 1. The third-order valence-electron chi connectivity index (χ3n) is 6.92. The highest BCUT2D eigenvalue weighted by molar-refractivity contribution is 6.30. The maximum Gasteiger partial charge on any atom is 0.317 e. The summed E-state index contributed by atoms with van der Waals surface area (Å²) in [6, 6.07) is 9.57. The lowest BCUT2D eigenvalue weighted by molar-refractivity contribution is 0.0881. The number of hydrogen-bond acceptors (Lipinski definition) is 4. The number of amides is 2. The third-order valence-corrected chi connectivity index (χ3v) is 7.21. The van der Waals surface area contributed by atoms with Gasteiger partial charge in [-0.3, -0.25) is 0 Å². The van der Waals surface area contributed by atoms with Crippen molar-refractivity contribution in [2.24, 2.45) is 11.3 Å². The number of likely N-dealkylation sites (tertiary alicyclic amines) is 1. The number of rotatable bonds is 7.